The van der Waals surface area contributed by atoms with E-state index >= 15 is 4.39 Å². The molecule has 0 atom stereocenters. The highest BCUT2D eigenvalue weighted by atomic mass is 32.2. The van der Waals surface area contributed by atoms with Crippen LogP contribution in [0.4, 0.5) is 25.8 Å². The average molecular weight is 841 g/mol. The zero-order valence-electron chi connectivity index (χ0n) is 34.3. The summed E-state index contributed by atoms with van der Waals surface area (Å²) in [5.41, 5.74) is 4.96. The number of aldehydes is 1. The van der Waals surface area contributed by atoms with E-state index in [1.54, 1.807) is 61.5 Å². The van der Waals surface area contributed by atoms with E-state index in [2.05, 4.69) is 41.9 Å². The number of aromatic nitrogens is 3. The third-order valence-corrected chi connectivity index (χ3v) is 12.3. The minimum absolute atomic E-state index is 0.00292. The number of piperidine rings is 1. The van der Waals surface area contributed by atoms with Crippen LogP contribution in [-0.2, 0) is 19.6 Å². The van der Waals surface area contributed by atoms with Gasteiger partial charge in [-0.1, -0.05) is 25.1 Å². The molecule has 4 heterocycles. The molecule has 12 nitrogen and oxygen atoms in total. The number of pyridine rings is 1. The zero-order valence-corrected chi connectivity index (χ0v) is 35.1. The van der Waals surface area contributed by atoms with Crippen molar-refractivity contribution in [2.45, 2.75) is 45.4 Å². The van der Waals surface area contributed by atoms with Crippen LogP contribution < -0.4 is 19.8 Å². The van der Waals surface area contributed by atoms with Gasteiger partial charge in [0.05, 0.1) is 17.1 Å². The zero-order chi connectivity index (χ0) is 42.5. The number of nitrogens with one attached hydrogen (secondary N) is 2. The number of carbonyl (C=O) groups is 2. The lowest BCUT2D eigenvalue weighted by atomic mass is 9.95. The van der Waals surface area contributed by atoms with Gasteiger partial charge in [-0.15, -0.1) is 0 Å². The van der Waals surface area contributed by atoms with Crippen LogP contribution in [0, 0.1) is 17.6 Å². The van der Waals surface area contributed by atoms with Crippen LogP contribution in [0.2, 0.25) is 0 Å². The largest absolute Gasteiger partial charge is 0.371 e. The Bertz CT molecular complexity index is 2280. The van der Waals surface area contributed by atoms with Crippen LogP contribution >= 0.6 is 0 Å². The molecular formula is C45H54F2N8O4S. The number of benzene rings is 3. The Balaban J connectivity index is 0.000000603. The van der Waals surface area contributed by atoms with E-state index in [9.17, 15) is 22.4 Å². The van der Waals surface area contributed by atoms with E-state index in [0.717, 1.165) is 87.6 Å². The molecule has 2 N–H and O–H groups in total. The molecule has 5 aromatic rings. The Morgan fingerprint density at radius 1 is 0.850 bits per heavy atom. The molecule has 2 fully saturated rings. The number of carbonyl (C=O) groups excluding carboxylic acids is 2. The molecule has 2 saturated heterocycles. The first-order chi connectivity index (χ1) is 29.1. The molecule has 2 aromatic heterocycles. The number of unbranched alkanes of at least 4 members (excludes halogenated alkanes) is 1. The molecule has 318 valence electrons. The van der Waals surface area contributed by atoms with E-state index in [-0.39, 0.29) is 28.7 Å². The first-order valence-corrected chi connectivity index (χ1v) is 22.2. The van der Waals surface area contributed by atoms with Crippen molar-refractivity contribution in [1.82, 2.24) is 25.0 Å². The highest BCUT2D eigenvalue weighted by Crippen LogP contribution is 2.36. The van der Waals surface area contributed by atoms with Gasteiger partial charge in [0.2, 0.25) is 15.9 Å². The average Bonchev–Trinajstić information content (AvgIpc) is 3.71. The summed E-state index contributed by atoms with van der Waals surface area (Å²) in [5.74, 6) is -0.284. The molecule has 0 saturated carbocycles. The first-order valence-electron chi connectivity index (χ1n) is 20.6. The van der Waals surface area contributed by atoms with Crippen LogP contribution in [0.3, 0.4) is 0 Å². The van der Waals surface area contributed by atoms with E-state index in [0.29, 0.717) is 42.9 Å². The van der Waals surface area contributed by atoms with Crippen molar-refractivity contribution in [3.8, 4) is 28.1 Å². The fourth-order valence-electron chi connectivity index (χ4n) is 7.62. The van der Waals surface area contributed by atoms with E-state index < -0.39 is 15.8 Å². The maximum atomic E-state index is 15.9. The summed E-state index contributed by atoms with van der Waals surface area (Å²) in [6.07, 6.45) is 10.2. The number of nitrogens with zero attached hydrogens (tertiary/aromatic N) is 6. The van der Waals surface area contributed by atoms with Crippen molar-refractivity contribution < 1.29 is 26.8 Å². The maximum absolute atomic E-state index is 15.9. The molecule has 2 aliphatic heterocycles. The summed E-state index contributed by atoms with van der Waals surface area (Å²) < 4.78 is 58.7. The molecule has 60 heavy (non-hydrogen) atoms. The quantitative estimate of drug-likeness (QED) is 0.0832. The summed E-state index contributed by atoms with van der Waals surface area (Å²) in [6, 6.07) is 23.5. The second-order valence-electron chi connectivity index (χ2n) is 15.1. The molecule has 0 spiro atoms. The number of halogens is 2. The summed E-state index contributed by atoms with van der Waals surface area (Å²) in [5, 5.41) is 7.35. The predicted molar refractivity (Wildman–Crippen MR) is 234 cm³/mol. The van der Waals surface area contributed by atoms with E-state index in [4.69, 9.17) is 5.10 Å². The first kappa shape index (κ1) is 43.9. The molecule has 3 aromatic carbocycles. The number of anilines is 3. The molecule has 0 aliphatic carbocycles. The van der Waals surface area contributed by atoms with Crippen molar-refractivity contribution in [3.05, 3.63) is 109 Å². The van der Waals surface area contributed by atoms with Gasteiger partial charge in [-0.05, 0) is 92.3 Å². The normalized spacial score (nSPS) is 14.9. The topological polar surface area (TPSA) is 133 Å². The van der Waals surface area contributed by atoms with Crippen molar-refractivity contribution in [2.75, 3.05) is 73.1 Å². The maximum Gasteiger partial charge on any atom is 0.232 e. The molecule has 0 unspecified atom stereocenters. The SMILES string of the molecule is CCCS(=O)(=O)Nc1cccc(-c2cn(-c3ccc(N4CCN(CC5CCN(c6cccc(F)c6)CC5)CC4)cc3)nc2-c2ccncc2)c1F.CNC(=O)CCCC=O. The summed E-state index contributed by atoms with van der Waals surface area (Å²) in [6.45, 7) is 8.67. The number of hydrogen-bond donors (Lipinski definition) is 2. The Kier molecular flexibility index (Phi) is 15.4. The number of piperazine rings is 1. The van der Waals surface area contributed by atoms with Gasteiger partial charge in [0.1, 0.15) is 17.8 Å². The molecular weight excluding hydrogens is 787 g/mol. The van der Waals surface area contributed by atoms with Crippen LogP contribution in [0.1, 0.15) is 45.4 Å². The molecule has 0 radical (unpaired) electrons. The lowest BCUT2D eigenvalue weighted by Crippen LogP contribution is -2.49. The highest BCUT2D eigenvalue weighted by Gasteiger charge is 2.25. The van der Waals surface area contributed by atoms with Gasteiger partial charge >= 0.3 is 0 Å². The van der Waals surface area contributed by atoms with E-state index in [1.165, 1.54) is 12.1 Å². The van der Waals surface area contributed by atoms with Gasteiger partial charge in [0.25, 0.3) is 0 Å². The van der Waals surface area contributed by atoms with Gasteiger partial charge < -0.3 is 19.9 Å². The van der Waals surface area contributed by atoms with Gasteiger partial charge in [-0.25, -0.2) is 21.9 Å². The Morgan fingerprint density at radius 3 is 2.20 bits per heavy atom. The van der Waals surface area contributed by atoms with Crippen molar-refractivity contribution >= 4 is 39.3 Å². The lowest BCUT2D eigenvalue weighted by molar-refractivity contribution is -0.120. The van der Waals surface area contributed by atoms with Crippen LogP contribution in [0.5, 0.6) is 0 Å². The number of rotatable bonds is 15. The van der Waals surface area contributed by atoms with Crippen molar-refractivity contribution in [1.29, 1.82) is 0 Å². The van der Waals surface area contributed by atoms with E-state index in [1.807, 2.05) is 30.3 Å². The molecule has 0 bridgehead atoms. The van der Waals surface area contributed by atoms with Crippen LogP contribution in [0.25, 0.3) is 28.1 Å². The molecule has 1 amide bonds. The number of hydrogen-bond acceptors (Lipinski definition) is 9. The van der Waals surface area contributed by atoms with Gasteiger partial charge in [-0.2, -0.15) is 5.10 Å². The van der Waals surface area contributed by atoms with Crippen LogP contribution in [-0.4, -0.2) is 98.9 Å². The molecule has 7 rings (SSSR count). The van der Waals surface area contributed by atoms with Crippen LogP contribution in [0.15, 0.2) is 97.5 Å². The Labute approximate surface area is 351 Å². The van der Waals surface area contributed by atoms with Gasteiger partial charge in [-0.3, -0.25) is 19.4 Å². The Morgan fingerprint density at radius 2 is 1.53 bits per heavy atom. The second-order valence-corrected chi connectivity index (χ2v) is 16.9. The fourth-order valence-corrected chi connectivity index (χ4v) is 8.75. The standard InChI is InChI=1S/C39H43F2N7O2S.C6H11NO2/c1-2-25-51(49,50)44-37-8-4-7-35(38(37)41)36-28-48(43-39(36)30-13-17-42-18-14-30)33-11-9-32(10-12-33)47-23-21-45(22-24-47)27-29-15-19-46(20-16-29)34-6-3-5-31(40)26-34;1-7-6(9)4-2-3-5-8/h3-14,17-18,26,28-29,44H,2,15-16,19-25,27H2,1H3;5H,2-4H2,1H3,(H,7,9). The van der Waals surface area contributed by atoms with Gasteiger partial charge in [0, 0.05) is 112 Å². The second kappa shape index (κ2) is 21.0. The van der Waals surface area contributed by atoms with Crippen molar-refractivity contribution in [2.24, 2.45) is 5.92 Å². The fraction of sp³-hybridized carbons (Fsp3) is 0.378. The molecule has 2 aliphatic rings. The third kappa shape index (κ3) is 11.7. The number of sulfonamides is 1. The van der Waals surface area contributed by atoms with Gasteiger partial charge in [0.15, 0.2) is 5.82 Å². The van der Waals surface area contributed by atoms with Crippen molar-refractivity contribution in [3.63, 3.8) is 0 Å². The smallest absolute Gasteiger partial charge is 0.232 e. The predicted octanol–water partition coefficient (Wildman–Crippen LogP) is 7.17. The monoisotopic (exact) mass is 840 g/mol. The highest BCUT2D eigenvalue weighted by molar-refractivity contribution is 7.92. The minimum Gasteiger partial charge on any atom is -0.371 e. The third-order valence-electron chi connectivity index (χ3n) is 10.9. The lowest BCUT2D eigenvalue weighted by Gasteiger charge is -2.40. The summed E-state index contributed by atoms with van der Waals surface area (Å²) in [4.78, 5) is 31.6. The number of amides is 1. The summed E-state index contributed by atoms with van der Waals surface area (Å²) in [7, 11) is -2.09. The molecule has 15 heteroatoms. The summed E-state index contributed by atoms with van der Waals surface area (Å²) >= 11 is 0. The minimum atomic E-state index is -3.68. The Hall–Kier alpha value is -5.67.